The standard InChI is InChI=1S/C8H12N2O2/c1-8(2)6(11)10(5-3-4-5)7(12)9-8/h5H,3-4H2,1-2H3,(H,9,12). The quantitative estimate of drug-likeness (QED) is 0.579. The lowest BCUT2D eigenvalue weighted by Crippen LogP contribution is -2.40. The van der Waals surface area contributed by atoms with Crippen LogP contribution in [-0.2, 0) is 4.79 Å². The maximum atomic E-state index is 11.6. The number of hydrogen-bond donors (Lipinski definition) is 1. The predicted molar refractivity (Wildman–Crippen MR) is 42.5 cm³/mol. The predicted octanol–water partition coefficient (Wildman–Crippen LogP) is 0.479. The fraction of sp³-hybridized carbons (Fsp3) is 0.750. The molecule has 1 saturated carbocycles. The van der Waals surface area contributed by atoms with Crippen molar-refractivity contribution in [3.05, 3.63) is 0 Å². The Bertz CT molecular complexity index is 256. The van der Waals surface area contributed by atoms with Crippen LogP contribution in [0, 0.1) is 0 Å². The van der Waals surface area contributed by atoms with Crippen LogP contribution in [0.2, 0.25) is 0 Å². The summed E-state index contributed by atoms with van der Waals surface area (Å²) in [6.07, 6.45) is 1.94. The molecule has 1 heterocycles. The molecule has 2 rings (SSSR count). The van der Waals surface area contributed by atoms with Gasteiger partial charge < -0.3 is 5.32 Å². The summed E-state index contributed by atoms with van der Waals surface area (Å²) in [5.41, 5.74) is -0.695. The fourth-order valence-corrected chi connectivity index (χ4v) is 1.44. The molecule has 3 amide bonds. The molecule has 2 aliphatic rings. The molecule has 0 aromatic rings. The first-order valence-corrected chi connectivity index (χ1v) is 4.18. The first-order valence-electron chi connectivity index (χ1n) is 4.18. The molecule has 0 bridgehead atoms. The van der Waals surface area contributed by atoms with Crippen LogP contribution in [0.4, 0.5) is 4.79 Å². The molecule has 0 spiro atoms. The highest BCUT2D eigenvalue weighted by molar-refractivity contribution is 6.07. The lowest BCUT2D eigenvalue weighted by Gasteiger charge is -2.14. The number of rotatable bonds is 1. The van der Waals surface area contributed by atoms with Crippen LogP contribution in [0.3, 0.4) is 0 Å². The molecule has 1 saturated heterocycles. The Balaban J connectivity index is 2.24. The molecule has 66 valence electrons. The monoisotopic (exact) mass is 168 g/mol. The van der Waals surface area contributed by atoms with E-state index < -0.39 is 5.54 Å². The average Bonchev–Trinajstić information content (AvgIpc) is 2.66. The van der Waals surface area contributed by atoms with Gasteiger partial charge in [0.15, 0.2) is 0 Å². The zero-order chi connectivity index (χ0) is 8.93. The maximum absolute atomic E-state index is 11.6. The summed E-state index contributed by atoms with van der Waals surface area (Å²) in [7, 11) is 0. The largest absolute Gasteiger partial charge is 0.325 e. The van der Waals surface area contributed by atoms with Crippen LogP contribution in [0.1, 0.15) is 26.7 Å². The second kappa shape index (κ2) is 2.00. The van der Waals surface area contributed by atoms with E-state index in [0.717, 1.165) is 12.8 Å². The van der Waals surface area contributed by atoms with E-state index in [2.05, 4.69) is 5.32 Å². The summed E-state index contributed by atoms with van der Waals surface area (Å²) in [5, 5.41) is 2.65. The van der Waals surface area contributed by atoms with Crippen molar-refractivity contribution in [1.29, 1.82) is 0 Å². The summed E-state index contributed by atoms with van der Waals surface area (Å²) < 4.78 is 0. The number of amides is 3. The number of urea groups is 1. The van der Waals surface area contributed by atoms with Gasteiger partial charge >= 0.3 is 6.03 Å². The Labute approximate surface area is 70.9 Å². The van der Waals surface area contributed by atoms with Gasteiger partial charge in [-0.2, -0.15) is 0 Å². The van der Waals surface area contributed by atoms with E-state index in [9.17, 15) is 9.59 Å². The van der Waals surface area contributed by atoms with Crippen LogP contribution in [0.25, 0.3) is 0 Å². The van der Waals surface area contributed by atoms with Crippen molar-refractivity contribution in [3.8, 4) is 0 Å². The molecule has 1 aliphatic heterocycles. The van der Waals surface area contributed by atoms with Gasteiger partial charge in [0, 0.05) is 6.04 Å². The first kappa shape index (κ1) is 7.58. The van der Waals surface area contributed by atoms with Gasteiger partial charge in [0.2, 0.25) is 0 Å². The molecule has 4 nitrogen and oxygen atoms in total. The molecule has 1 N–H and O–H groups in total. The Kier molecular flexibility index (Phi) is 1.26. The van der Waals surface area contributed by atoms with Crippen molar-refractivity contribution >= 4 is 11.9 Å². The molecule has 12 heavy (non-hydrogen) atoms. The van der Waals surface area contributed by atoms with Crippen molar-refractivity contribution in [2.75, 3.05) is 0 Å². The Morgan fingerprint density at radius 3 is 2.33 bits per heavy atom. The zero-order valence-electron chi connectivity index (χ0n) is 7.26. The highest BCUT2D eigenvalue weighted by atomic mass is 16.2. The van der Waals surface area contributed by atoms with E-state index >= 15 is 0 Å². The normalized spacial score (nSPS) is 27.7. The summed E-state index contributed by atoms with van der Waals surface area (Å²) in [6, 6.07) is -0.0493. The number of carbonyl (C=O) groups is 2. The van der Waals surface area contributed by atoms with Gasteiger partial charge in [-0.3, -0.25) is 9.69 Å². The van der Waals surface area contributed by atoms with E-state index in [0.29, 0.717) is 0 Å². The lowest BCUT2D eigenvalue weighted by atomic mass is 10.1. The molecule has 0 aromatic heterocycles. The van der Waals surface area contributed by atoms with E-state index in [4.69, 9.17) is 0 Å². The Morgan fingerprint density at radius 1 is 1.42 bits per heavy atom. The smallest absolute Gasteiger partial charge is 0.324 e. The Morgan fingerprint density at radius 2 is 2.00 bits per heavy atom. The van der Waals surface area contributed by atoms with Gasteiger partial charge in [-0.05, 0) is 26.7 Å². The molecule has 0 aromatic carbocycles. The third-order valence-electron chi connectivity index (χ3n) is 2.30. The van der Waals surface area contributed by atoms with Gasteiger partial charge in [-0.15, -0.1) is 0 Å². The number of hydrogen-bond acceptors (Lipinski definition) is 2. The minimum Gasteiger partial charge on any atom is -0.324 e. The third-order valence-corrected chi connectivity index (χ3v) is 2.30. The molecule has 2 fully saturated rings. The number of nitrogens with zero attached hydrogens (tertiary/aromatic N) is 1. The molecule has 1 aliphatic carbocycles. The SMILES string of the molecule is CC1(C)NC(=O)N(C2CC2)C1=O. The van der Waals surface area contributed by atoms with E-state index in [-0.39, 0.29) is 18.0 Å². The highest BCUT2D eigenvalue weighted by Crippen LogP contribution is 2.31. The van der Waals surface area contributed by atoms with Crippen molar-refractivity contribution in [2.24, 2.45) is 0 Å². The van der Waals surface area contributed by atoms with Crippen molar-refractivity contribution < 1.29 is 9.59 Å². The number of carbonyl (C=O) groups excluding carboxylic acids is 2. The lowest BCUT2D eigenvalue weighted by molar-refractivity contribution is -0.130. The minimum atomic E-state index is -0.695. The van der Waals surface area contributed by atoms with Gasteiger partial charge in [-0.25, -0.2) is 4.79 Å². The van der Waals surface area contributed by atoms with Crippen molar-refractivity contribution in [3.63, 3.8) is 0 Å². The van der Waals surface area contributed by atoms with Crippen LogP contribution in [0.15, 0.2) is 0 Å². The number of nitrogens with one attached hydrogen (secondary N) is 1. The summed E-state index contributed by atoms with van der Waals surface area (Å²) >= 11 is 0. The summed E-state index contributed by atoms with van der Waals surface area (Å²) in [4.78, 5) is 24.2. The summed E-state index contributed by atoms with van der Waals surface area (Å²) in [5.74, 6) is -0.0880. The molecule has 0 unspecified atom stereocenters. The van der Waals surface area contributed by atoms with E-state index in [1.807, 2.05) is 0 Å². The molecular weight excluding hydrogens is 156 g/mol. The average molecular weight is 168 g/mol. The van der Waals surface area contributed by atoms with Gasteiger partial charge in [0.05, 0.1) is 0 Å². The van der Waals surface area contributed by atoms with Gasteiger partial charge in [-0.1, -0.05) is 0 Å². The maximum Gasteiger partial charge on any atom is 0.325 e. The minimum absolute atomic E-state index is 0.0880. The first-order chi connectivity index (χ1) is 5.52. The molecule has 0 atom stereocenters. The third kappa shape index (κ3) is 0.906. The van der Waals surface area contributed by atoms with Crippen LogP contribution >= 0.6 is 0 Å². The highest BCUT2D eigenvalue weighted by Gasteiger charge is 2.49. The van der Waals surface area contributed by atoms with Gasteiger partial charge in [0.1, 0.15) is 5.54 Å². The van der Waals surface area contributed by atoms with Crippen LogP contribution < -0.4 is 5.32 Å². The Hall–Kier alpha value is -1.06. The molecule has 0 radical (unpaired) electrons. The molecular formula is C8H12N2O2. The fourth-order valence-electron chi connectivity index (χ4n) is 1.44. The topological polar surface area (TPSA) is 49.4 Å². The van der Waals surface area contributed by atoms with E-state index in [1.54, 1.807) is 13.8 Å². The second-order valence-corrected chi connectivity index (χ2v) is 3.96. The van der Waals surface area contributed by atoms with E-state index in [1.165, 1.54) is 4.90 Å². The summed E-state index contributed by atoms with van der Waals surface area (Å²) in [6.45, 7) is 3.46. The van der Waals surface area contributed by atoms with Crippen LogP contribution in [-0.4, -0.2) is 28.4 Å². The van der Waals surface area contributed by atoms with Crippen molar-refractivity contribution in [2.45, 2.75) is 38.3 Å². The zero-order valence-corrected chi connectivity index (χ0v) is 7.26. The molecule has 4 heteroatoms. The number of imide groups is 1. The van der Waals surface area contributed by atoms with Crippen LogP contribution in [0.5, 0.6) is 0 Å². The van der Waals surface area contributed by atoms with Gasteiger partial charge in [0.25, 0.3) is 5.91 Å². The van der Waals surface area contributed by atoms with Crippen molar-refractivity contribution in [1.82, 2.24) is 10.2 Å². The second-order valence-electron chi connectivity index (χ2n) is 3.96.